The van der Waals surface area contributed by atoms with Crippen LogP contribution in [0.25, 0.3) is 16.4 Å². The third-order valence-corrected chi connectivity index (χ3v) is 4.30. The van der Waals surface area contributed by atoms with Crippen LogP contribution in [0.1, 0.15) is 11.3 Å². The number of benzene rings is 1. The first-order valence-electron chi connectivity index (χ1n) is 7.04. The number of thiazole rings is 1. The Balaban J connectivity index is 1.83. The highest BCUT2D eigenvalue weighted by Gasteiger charge is 2.35. The maximum absolute atomic E-state index is 13.7. The molecule has 0 unspecified atom stereocenters. The molecule has 1 N–H and O–H groups in total. The Kier molecular flexibility index (Phi) is 4.34. The van der Waals surface area contributed by atoms with Crippen molar-refractivity contribution in [3.63, 3.8) is 0 Å². The van der Waals surface area contributed by atoms with Crippen molar-refractivity contribution in [3.05, 3.63) is 60.2 Å². The van der Waals surface area contributed by atoms with Crippen LogP contribution in [-0.2, 0) is 13.2 Å². The quantitative estimate of drug-likeness (QED) is 0.674. The molecule has 0 fully saturated rings. The summed E-state index contributed by atoms with van der Waals surface area (Å²) >= 11 is 1.12. The maximum Gasteiger partial charge on any atom is 0.435 e. The molecule has 4 nitrogen and oxygen atoms in total. The van der Waals surface area contributed by atoms with E-state index in [9.17, 15) is 17.6 Å². The number of hydrogen-bond acceptors (Lipinski definition) is 4. The molecule has 2 aromatic heterocycles. The summed E-state index contributed by atoms with van der Waals surface area (Å²) in [5.41, 5.74) is -0.112. The van der Waals surface area contributed by atoms with Gasteiger partial charge in [-0.1, -0.05) is 30.0 Å². The van der Waals surface area contributed by atoms with E-state index < -0.39 is 17.7 Å². The molecule has 0 aliphatic heterocycles. The lowest BCUT2D eigenvalue weighted by Gasteiger charge is -2.07. The molecule has 0 aliphatic carbocycles. The average Bonchev–Trinajstić information content (AvgIpc) is 3.13. The summed E-state index contributed by atoms with van der Waals surface area (Å²) in [6.45, 7) is 3.78. The Bertz CT molecular complexity index is 926. The Morgan fingerprint density at radius 2 is 2.00 bits per heavy atom. The fourth-order valence-corrected chi connectivity index (χ4v) is 3.07. The molecule has 2 heterocycles. The van der Waals surface area contributed by atoms with Gasteiger partial charge in [0.1, 0.15) is 15.8 Å². The molecule has 0 saturated carbocycles. The fraction of sp³-hybridized carbons (Fsp3) is 0.125. The minimum Gasteiger partial charge on any atom is -0.346 e. The molecule has 9 heteroatoms. The van der Waals surface area contributed by atoms with E-state index in [1.807, 2.05) is 0 Å². The van der Waals surface area contributed by atoms with Crippen LogP contribution in [0.4, 0.5) is 22.6 Å². The minimum atomic E-state index is -4.52. The van der Waals surface area contributed by atoms with Gasteiger partial charge in [-0.3, -0.25) is 4.68 Å². The van der Waals surface area contributed by atoms with Crippen LogP contribution in [0.15, 0.2) is 43.1 Å². The lowest BCUT2D eigenvalue weighted by molar-refractivity contribution is -0.141. The number of aryl methyl sites for hydroxylation is 1. The van der Waals surface area contributed by atoms with E-state index >= 15 is 0 Å². The van der Waals surface area contributed by atoms with Gasteiger partial charge in [-0.25, -0.2) is 9.37 Å². The van der Waals surface area contributed by atoms with E-state index in [1.165, 1.54) is 19.3 Å². The molecule has 1 aromatic carbocycles. The van der Waals surface area contributed by atoms with Crippen LogP contribution in [0.3, 0.4) is 0 Å². The molecular weight excluding hydrogens is 356 g/mol. The molecule has 0 aliphatic rings. The number of anilines is 1. The molecule has 3 rings (SSSR count). The van der Waals surface area contributed by atoms with E-state index in [1.54, 1.807) is 18.2 Å². The zero-order chi connectivity index (χ0) is 18.2. The lowest BCUT2D eigenvalue weighted by Crippen LogP contribution is -2.06. The third kappa shape index (κ3) is 3.55. The fourth-order valence-electron chi connectivity index (χ4n) is 2.18. The van der Waals surface area contributed by atoms with Gasteiger partial charge >= 0.3 is 6.18 Å². The molecule has 25 heavy (non-hydrogen) atoms. The molecule has 0 amide bonds. The Labute approximate surface area is 144 Å². The van der Waals surface area contributed by atoms with Gasteiger partial charge in [0.2, 0.25) is 0 Å². The van der Waals surface area contributed by atoms with Crippen LogP contribution in [-0.4, -0.2) is 14.8 Å². The van der Waals surface area contributed by atoms with Crippen LogP contribution in [0.5, 0.6) is 0 Å². The molecule has 3 aromatic rings. The number of nitrogens with zero attached hydrogens (tertiary/aromatic N) is 3. The van der Waals surface area contributed by atoms with Crippen molar-refractivity contribution in [1.82, 2.24) is 14.8 Å². The molecular formula is C16H12F4N4S. The van der Waals surface area contributed by atoms with Gasteiger partial charge < -0.3 is 5.32 Å². The van der Waals surface area contributed by atoms with Gasteiger partial charge in [-0.2, -0.15) is 18.3 Å². The number of hydrogen-bond donors (Lipinski definition) is 1. The molecule has 130 valence electrons. The summed E-state index contributed by atoms with van der Waals surface area (Å²) < 4.78 is 53.1. The predicted octanol–water partition coefficient (Wildman–Crippen LogP) is 4.78. The van der Waals surface area contributed by atoms with Crippen molar-refractivity contribution >= 4 is 22.0 Å². The Morgan fingerprint density at radius 3 is 2.64 bits per heavy atom. The normalized spacial score (nSPS) is 11.6. The second-order valence-electron chi connectivity index (χ2n) is 5.15. The van der Waals surface area contributed by atoms with Crippen LogP contribution < -0.4 is 5.32 Å². The summed E-state index contributed by atoms with van der Waals surface area (Å²) in [5.74, 6) is -0.425. The Morgan fingerprint density at radius 1 is 1.28 bits per heavy atom. The van der Waals surface area contributed by atoms with Crippen LogP contribution in [0, 0.1) is 5.82 Å². The smallest absolute Gasteiger partial charge is 0.346 e. The van der Waals surface area contributed by atoms with Gasteiger partial charge in [0.15, 0.2) is 5.69 Å². The van der Waals surface area contributed by atoms with Gasteiger partial charge in [-0.05, 0) is 18.2 Å². The van der Waals surface area contributed by atoms with Gasteiger partial charge in [-0.15, -0.1) is 0 Å². The van der Waals surface area contributed by atoms with Gasteiger partial charge in [0, 0.05) is 18.3 Å². The van der Waals surface area contributed by atoms with Crippen molar-refractivity contribution in [2.45, 2.75) is 6.18 Å². The monoisotopic (exact) mass is 368 g/mol. The summed E-state index contributed by atoms with van der Waals surface area (Å²) in [4.78, 5) is 4.10. The largest absolute Gasteiger partial charge is 0.435 e. The number of aromatic nitrogens is 3. The third-order valence-electron chi connectivity index (χ3n) is 3.37. The first-order valence-corrected chi connectivity index (χ1v) is 7.85. The van der Waals surface area contributed by atoms with Gasteiger partial charge in [0.05, 0.1) is 11.9 Å². The van der Waals surface area contributed by atoms with E-state index in [4.69, 9.17) is 0 Å². The second kappa shape index (κ2) is 6.32. The standard InChI is InChI=1S/C16H12F4N4S/c1-9(10-5-3-4-6-11(10)17)22-14-8-21-15(25-14)12-7-13(16(18,19)20)23-24(12)2/h3-8,22H,1H2,2H3. The van der Waals surface area contributed by atoms with Crippen LogP contribution >= 0.6 is 11.3 Å². The Hall–Kier alpha value is -2.68. The zero-order valence-corrected chi connectivity index (χ0v) is 13.7. The highest BCUT2D eigenvalue weighted by Crippen LogP contribution is 2.34. The summed E-state index contributed by atoms with van der Waals surface area (Å²) in [6, 6.07) is 7.07. The molecule has 0 spiro atoms. The SMILES string of the molecule is C=C(Nc1cnc(-c2cc(C(F)(F)F)nn2C)s1)c1ccccc1F. The van der Waals surface area contributed by atoms with Crippen molar-refractivity contribution in [2.75, 3.05) is 5.32 Å². The summed E-state index contributed by atoms with van der Waals surface area (Å²) in [7, 11) is 1.41. The lowest BCUT2D eigenvalue weighted by atomic mass is 10.1. The number of alkyl halides is 3. The molecule has 0 saturated heterocycles. The predicted molar refractivity (Wildman–Crippen MR) is 88.4 cm³/mol. The topological polar surface area (TPSA) is 42.7 Å². The first-order chi connectivity index (χ1) is 11.8. The van der Waals surface area contributed by atoms with E-state index in [2.05, 4.69) is 22.0 Å². The summed E-state index contributed by atoms with van der Waals surface area (Å²) in [6.07, 6.45) is -3.07. The summed E-state index contributed by atoms with van der Waals surface area (Å²) in [5, 5.41) is 7.26. The van der Waals surface area contributed by atoms with Gasteiger partial charge in [0.25, 0.3) is 0 Å². The van der Waals surface area contributed by atoms with Crippen molar-refractivity contribution < 1.29 is 17.6 Å². The average molecular weight is 368 g/mol. The molecule has 0 radical (unpaired) electrons. The van der Waals surface area contributed by atoms with Crippen LogP contribution in [0.2, 0.25) is 0 Å². The highest BCUT2D eigenvalue weighted by molar-refractivity contribution is 7.19. The van der Waals surface area contributed by atoms with E-state index in [-0.39, 0.29) is 5.69 Å². The number of halogens is 4. The van der Waals surface area contributed by atoms with Crippen molar-refractivity contribution in [2.24, 2.45) is 7.05 Å². The first kappa shape index (κ1) is 17.2. The maximum atomic E-state index is 13.7. The minimum absolute atomic E-state index is 0.238. The van der Waals surface area contributed by atoms with E-state index in [0.717, 1.165) is 22.1 Å². The number of nitrogens with one attached hydrogen (secondary N) is 1. The molecule has 0 atom stereocenters. The van der Waals surface area contributed by atoms with E-state index in [0.29, 0.717) is 21.3 Å². The second-order valence-corrected chi connectivity index (χ2v) is 6.18. The highest BCUT2D eigenvalue weighted by atomic mass is 32.1. The number of rotatable bonds is 4. The molecule has 0 bridgehead atoms. The van der Waals surface area contributed by atoms with Crippen molar-refractivity contribution in [1.29, 1.82) is 0 Å². The van der Waals surface area contributed by atoms with Crippen molar-refractivity contribution in [3.8, 4) is 10.7 Å². The zero-order valence-electron chi connectivity index (χ0n) is 12.9.